The summed E-state index contributed by atoms with van der Waals surface area (Å²) in [6, 6.07) is 0. The third-order valence-electron chi connectivity index (χ3n) is 2.38. The van der Waals surface area contributed by atoms with Crippen molar-refractivity contribution in [1.82, 2.24) is 9.55 Å². The minimum absolute atomic E-state index is 0.260. The van der Waals surface area contributed by atoms with Crippen LogP contribution in [0.5, 0.6) is 0 Å². The fourth-order valence-corrected chi connectivity index (χ4v) is 1.27. The van der Waals surface area contributed by atoms with E-state index in [0.29, 0.717) is 0 Å². The normalized spacial score (nSPS) is 11.2. The molecule has 0 fully saturated rings. The molecule has 0 aliphatic heterocycles. The van der Waals surface area contributed by atoms with Crippen LogP contribution in [-0.2, 0) is 16.6 Å². The van der Waals surface area contributed by atoms with Crippen molar-refractivity contribution in [2.45, 2.75) is 20.8 Å². The highest BCUT2D eigenvalue weighted by Crippen LogP contribution is 2.22. The quantitative estimate of drug-likeness (QED) is 0.438. The van der Waals surface area contributed by atoms with Crippen molar-refractivity contribution in [2.75, 3.05) is 6.61 Å². The Morgan fingerprint density at radius 1 is 1.50 bits per heavy atom. The van der Waals surface area contributed by atoms with Crippen molar-refractivity contribution < 1.29 is 14.3 Å². The Labute approximate surface area is 94.4 Å². The summed E-state index contributed by atoms with van der Waals surface area (Å²) >= 11 is 0. The van der Waals surface area contributed by atoms with Gasteiger partial charge in [-0.15, -0.1) is 0 Å². The Hall–Kier alpha value is -1.65. The fraction of sp³-hybridized carbons (Fsp3) is 0.545. The lowest BCUT2D eigenvalue weighted by atomic mass is 9.87. The van der Waals surface area contributed by atoms with Crippen molar-refractivity contribution in [3.8, 4) is 0 Å². The zero-order valence-electron chi connectivity index (χ0n) is 9.98. The molecule has 0 radical (unpaired) electrons. The SMILES string of the molecule is CCOC(=O)C(C)(C)C(=O)c1nccn1C. The van der Waals surface area contributed by atoms with E-state index >= 15 is 0 Å². The molecule has 5 nitrogen and oxygen atoms in total. The van der Waals surface area contributed by atoms with Gasteiger partial charge in [-0.25, -0.2) is 4.98 Å². The maximum atomic E-state index is 12.1. The van der Waals surface area contributed by atoms with E-state index in [1.165, 1.54) is 6.20 Å². The number of Topliss-reactive ketones (excluding diaryl/α,β-unsaturated/α-hetero) is 1. The number of rotatable bonds is 4. The van der Waals surface area contributed by atoms with Crippen molar-refractivity contribution in [3.05, 3.63) is 18.2 Å². The molecular formula is C11H16N2O3. The number of aromatic nitrogens is 2. The molecule has 0 bridgehead atoms. The second-order valence-corrected chi connectivity index (χ2v) is 4.04. The molecule has 0 amide bonds. The van der Waals surface area contributed by atoms with Crippen molar-refractivity contribution in [2.24, 2.45) is 12.5 Å². The van der Waals surface area contributed by atoms with Gasteiger partial charge < -0.3 is 9.30 Å². The van der Waals surface area contributed by atoms with E-state index in [2.05, 4.69) is 4.98 Å². The van der Waals surface area contributed by atoms with E-state index in [-0.39, 0.29) is 18.2 Å². The Kier molecular flexibility index (Phi) is 3.47. The minimum atomic E-state index is -1.20. The third kappa shape index (κ3) is 2.13. The number of ketones is 1. The summed E-state index contributed by atoms with van der Waals surface area (Å²) in [6.07, 6.45) is 3.18. The highest BCUT2D eigenvalue weighted by atomic mass is 16.5. The predicted molar refractivity (Wildman–Crippen MR) is 58.0 cm³/mol. The molecule has 0 N–H and O–H groups in total. The van der Waals surface area contributed by atoms with E-state index in [0.717, 1.165) is 0 Å². The van der Waals surface area contributed by atoms with E-state index in [9.17, 15) is 9.59 Å². The maximum Gasteiger partial charge on any atom is 0.319 e. The number of imidazole rings is 1. The molecule has 88 valence electrons. The average Bonchev–Trinajstić information content (AvgIpc) is 2.63. The van der Waals surface area contributed by atoms with Gasteiger partial charge in [0.25, 0.3) is 0 Å². The van der Waals surface area contributed by atoms with Gasteiger partial charge >= 0.3 is 5.97 Å². The van der Waals surface area contributed by atoms with Gasteiger partial charge in [0.05, 0.1) is 6.61 Å². The van der Waals surface area contributed by atoms with Crippen molar-refractivity contribution >= 4 is 11.8 Å². The summed E-state index contributed by atoms with van der Waals surface area (Å²) in [5.74, 6) is -0.598. The molecule has 1 heterocycles. The Balaban J connectivity index is 2.97. The number of ether oxygens (including phenoxy) is 1. The Morgan fingerprint density at radius 2 is 2.12 bits per heavy atom. The van der Waals surface area contributed by atoms with Crippen molar-refractivity contribution in [1.29, 1.82) is 0 Å². The number of hydrogen-bond donors (Lipinski definition) is 0. The molecule has 0 saturated heterocycles. The number of carbonyl (C=O) groups is 2. The molecule has 16 heavy (non-hydrogen) atoms. The van der Waals surface area contributed by atoms with Crippen LogP contribution in [0.2, 0.25) is 0 Å². The number of hydrogen-bond acceptors (Lipinski definition) is 4. The fourth-order valence-electron chi connectivity index (χ4n) is 1.27. The highest BCUT2D eigenvalue weighted by molar-refractivity contribution is 6.10. The van der Waals surface area contributed by atoms with Crippen LogP contribution in [0, 0.1) is 5.41 Å². The van der Waals surface area contributed by atoms with E-state index in [1.807, 2.05) is 0 Å². The van der Waals surface area contributed by atoms with Gasteiger partial charge in [0.1, 0.15) is 5.41 Å². The monoisotopic (exact) mass is 224 g/mol. The maximum absolute atomic E-state index is 12.1. The average molecular weight is 224 g/mol. The van der Waals surface area contributed by atoms with E-state index in [4.69, 9.17) is 4.74 Å². The number of aryl methyl sites for hydroxylation is 1. The zero-order chi connectivity index (χ0) is 12.3. The number of nitrogens with zero attached hydrogens (tertiary/aromatic N) is 2. The topological polar surface area (TPSA) is 61.2 Å². The first-order valence-corrected chi connectivity index (χ1v) is 5.10. The predicted octanol–water partition coefficient (Wildman–Crippen LogP) is 1.19. The molecule has 0 aliphatic carbocycles. The van der Waals surface area contributed by atoms with E-state index < -0.39 is 11.4 Å². The molecule has 1 aromatic rings. The lowest BCUT2D eigenvalue weighted by Gasteiger charge is -2.20. The van der Waals surface area contributed by atoms with Gasteiger partial charge in [-0.2, -0.15) is 0 Å². The van der Waals surface area contributed by atoms with Crippen molar-refractivity contribution in [3.63, 3.8) is 0 Å². The van der Waals surface area contributed by atoms with Crippen LogP contribution in [0.4, 0.5) is 0 Å². The van der Waals surface area contributed by atoms with Crippen LogP contribution < -0.4 is 0 Å². The third-order valence-corrected chi connectivity index (χ3v) is 2.38. The molecule has 1 rings (SSSR count). The lowest BCUT2D eigenvalue weighted by Crippen LogP contribution is -2.36. The molecule has 0 aliphatic rings. The molecule has 1 aromatic heterocycles. The molecule has 0 unspecified atom stereocenters. The zero-order valence-corrected chi connectivity index (χ0v) is 9.98. The van der Waals surface area contributed by atoms with Crippen LogP contribution in [0.15, 0.2) is 12.4 Å². The van der Waals surface area contributed by atoms with E-state index in [1.54, 1.807) is 38.6 Å². The molecule has 0 aromatic carbocycles. The molecule has 0 spiro atoms. The summed E-state index contributed by atoms with van der Waals surface area (Å²) in [5.41, 5.74) is -1.20. The molecule has 5 heteroatoms. The summed E-state index contributed by atoms with van der Waals surface area (Å²) in [4.78, 5) is 27.6. The van der Waals surface area contributed by atoms with Crippen LogP contribution >= 0.6 is 0 Å². The smallest absolute Gasteiger partial charge is 0.319 e. The van der Waals surface area contributed by atoms with Gasteiger partial charge in [0.15, 0.2) is 5.82 Å². The first kappa shape index (κ1) is 12.4. The standard InChI is InChI=1S/C11H16N2O3/c1-5-16-10(15)11(2,3)8(14)9-12-6-7-13(9)4/h6-7H,5H2,1-4H3. The Morgan fingerprint density at radius 3 is 2.56 bits per heavy atom. The van der Waals surface area contributed by atoms with Gasteiger partial charge in [0.2, 0.25) is 5.78 Å². The van der Waals surface area contributed by atoms with Crippen LogP contribution in [-0.4, -0.2) is 27.9 Å². The second kappa shape index (κ2) is 4.47. The second-order valence-electron chi connectivity index (χ2n) is 4.04. The minimum Gasteiger partial charge on any atom is -0.465 e. The first-order chi connectivity index (χ1) is 7.41. The Bertz CT molecular complexity index is 407. The summed E-state index contributed by atoms with van der Waals surface area (Å²) < 4.78 is 6.46. The molecular weight excluding hydrogens is 208 g/mol. The van der Waals surface area contributed by atoms with Crippen LogP contribution in [0.25, 0.3) is 0 Å². The van der Waals surface area contributed by atoms with Gasteiger partial charge in [-0.3, -0.25) is 9.59 Å². The number of carbonyl (C=O) groups excluding carboxylic acids is 2. The first-order valence-electron chi connectivity index (χ1n) is 5.10. The summed E-state index contributed by atoms with van der Waals surface area (Å²) in [6.45, 7) is 5.05. The van der Waals surface area contributed by atoms with Crippen LogP contribution in [0.3, 0.4) is 0 Å². The van der Waals surface area contributed by atoms with Crippen LogP contribution in [0.1, 0.15) is 31.4 Å². The van der Waals surface area contributed by atoms with Gasteiger partial charge in [-0.05, 0) is 20.8 Å². The van der Waals surface area contributed by atoms with Gasteiger partial charge in [-0.1, -0.05) is 0 Å². The lowest BCUT2D eigenvalue weighted by molar-refractivity contribution is -0.150. The largest absolute Gasteiger partial charge is 0.465 e. The summed E-state index contributed by atoms with van der Waals surface area (Å²) in [7, 11) is 1.71. The highest BCUT2D eigenvalue weighted by Gasteiger charge is 2.39. The molecule has 0 saturated carbocycles. The summed E-state index contributed by atoms with van der Waals surface area (Å²) in [5, 5.41) is 0. The molecule has 0 atom stereocenters. The van der Waals surface area contributed by atoms with Gasteiger partial charge in [0, 0.05) is 19.4 Å². The number of esters is 1.